The average Bonchev–Trinajstić information content (AvgIpc) is 3.01. The Morgan fingerprint density at radius 1 is 1.00 bits per heavy atom. The normalized spacial score (nSPS) is 13.5. The van der Waals surface area contributed by atoms with Crippen LogP contribution >= 0.6 is 0 Å². The van der Waals surface area contributed by atoms with Crippen molar-refractivity contribution in [2.45, 2.75) is 13.0 Å². The largest absolute Gasteiger partial charge is 0.465 e. The van der Waals surface area contributed by atoms with Crippen LogP contribution in [-0.4, -0.2) is 30.9 Å². The number of hydrogen-bond acceptors (Lipinski definition) is 4. The maximum absolute atomic E-state index is 12.9. The van der Waals surface area contributed by atoms with Gasteiger partial charge in [-0.15, -0.1) is 0 Å². The molecule has 0 aliphatic carbocycles. The Labute approximate surface area is 161 Å². The van der Waals surface area contributed by atoms with E-state index in [4.69, 9.17) is 0 Å². The molecule has 0 bridgehead atoms. The fourth-order valence-electron chi connectivity index (χ4n) is 3.50. The number of carbonyl (C=O) groups is 3. The monoisotopic (exact) mass is 374 g/mol. The summed E-state index contributed by atoms with van der Waals surface area (Å²) in [5, 5.41) is 4.64. The zero-order valence-corrected chi connectivity index (χ0v) is 15.4. The first kappa shape index (κ1) is 17.7. The molecule has 1 heterocycles. The summed E-state index contributed by atoms with van der Waals surface area (Å²) in [6, 6.07) is 16.9. The molecule has 0 unspecified atom stereocenters. The van der Waals surface area contributed by atoms with Crippen LogP contribution in [-0.2, 0) is 9.53 Å². The average molecular weight is 374 g/mol. The molecule has 0 saturated heterocycles. The quantitative estimate of drug-likeness (QED) is 0.708. The lowest BCUT2D eigenvalue weighted by Gasteiger charge is -2.24. The van der Waals surface area contributed by atoms with E-state index in [1.54, 1.807) is 37.3 Å². The van der Waals surface area contributed by atoms with E-state index in [1.807, 2.05) is 30.3 Å². The predicted octanol–water partition coefficient (Wildman–Crippen LogP) is 3.61. The summed E-state index contributed by atoms with van der Waals surface area (Å²) >= 11 is 0. The van der Waals surface area contributed by atoms with Gasteiger partial charge in [-0.2, -0.15) is 0 Å². The van der Waals surface area contributed by atoms with Crippen molar-refractivity contribution in [1.82, 2.24) is 0 Å². The minimum Gasteiger partial charge on any atom is -0.465 e. The van der Waals surface area contributed by atoms with E-state index in [2.05, 4.69) is 10.1 Å². The molecule has 1 aliphatic heterocycles. The molecule has 6 heteroatoms. The molecule has 3 aromatic carbocycles. The Balaban J connectivity index is 1.57. The van der Waals surface area contributed by atoms with E-state index in [0.29, 0.717) is 16.8 Å². The molecular formula is C22H18N2O4. The van der Waals surface area contributed by atoms with Gasteiger partial charge >= 0.3 is 5.97 Å². The van der Waals surface area contributed by atoms with Gasteiger partial charge < -0.3 is 10.1 Å². The van der Waals surface area contributed by atoms with E-state index in [9.17, 15) is 14.4 Å². The highest BCUT2D eigenvalue weighted by molar-refractivity contribution is 6.26. The molecular weight excluding hydrogens is 356 g/mol. The van der Waals surface area contributed by atoms with Crippen LogP contribution in [0.1, 0.15) is 27.6 Å². The van der Waals surface area contributed by atoms with Crippen molar-refractivity contribution in [1.29, 1.82) is 0 Å². The first-order valence-electron chi connectivity index (χ1n) is 8.86. The first-order chi connectivity index (χ1) is 13.5. The van der Waals surface area contributed by atoms with Crippen molar-refractivity contribution in [3.8, 4) is 0 Å². The lowest BCUT2D eigenvalue weighted by molar-refractivity contribution is -0.117. The van der Waals surface area contributed by atoms with E-state index in [-0.39, 0.29) is 11.8 Å². The number of rotatable bonds is 4. The Hall–Kier alpha value is -3.67. The molecule has 0 saturated carbocycles. The van der Waals surface area contributed by atoms with Gasteiger partial charge in [0.2, 0.25) is 5.91 Å². The third-order valence-electron chi connectivity index (χ3n) is 4.93. The maximum Gasteiger partial charge on any atom is 0.337 e. The van der Waals surface area contributed by atoms with Crippen LogP contribution in [0.5, 0.6) is 0 Å². The Morgan fingerprint density at radius 3 is 2.36 bits per heavy atom. The van der Waals surface area contributed by atoms with E-state index in [0.717, 1.165) is 16.5 Å². The van der Waals surface area contributed by atoms with Crippen LogP contribution in [0.4, 0.5) is 11.4 Å². The van der Waals surface area contributed by atoms with E-state index >= 15 is 0 Å². The number of esters is 1. The van der Waals surface area contributed by atoms with Gasteiger partial charge in [0.05, 0.1) is 18.4 Å². The maximum atomic E-state index is 12.9. The minimum atomic E-state index is -0.703. The second-order valence-corrected chi connectivity index (χ2v) is 6.59. The number of amides is 2. The number of carbonyl (C=O) groups excluding carboxylic acids is 3. The lowest BCUT2D eigenvalue weighted by Crippen LogP contribution is -2.44. The summed E-state index contributed by atoms with van der Waals surface area (Å²) < 4.78 is 4.66. The summed E-state index contributed by atoms with van der Waals surface area (Å²) in [5.74, 6) is -0.945. The van der Waals surface area contributed by atoms with Crippen LogP contribution in [0, 0.1) is 0 Å². The zero-order chi connectivity index (χ0) is 19.8. The van der Waals surface area contributed by atoms with Crippen LogP contribution in [0.3, 0.4) is 0 Å². The zero-order valence-electron chi connectivity index (χ0n) is 15.4. The van der Waals surface area contributed by atoms with Crippen LogP contribution in [0.25, 0.3) is 10.8 Å². The molecule has 6 nitrogen and oxygen atoms in total. The van der Waals surface area contributed by atoms with Crippen LogP contribution < -0.4 is 10.2 Å². The molecule has 1 atom stereocenters. The molecule has 1 aliphatic rings. The summed E-state index contributed by atoms with van der Waals surface area (Å²) in [6.07, 6.45) is 0. The molecule has 28 heavy (non-hydrogen) atoms. The molecule has 2 amide bonds. The summed E-state index contributed by atoms with van der Waals surface area (Å²) in [5.41, 5.74) is 2.27. The number of anilines is 2. The SMILES string of the molecule is COC(=O)c1ccc(NC(=O)[C@H](C)N2C(=O)c3cccc4cccc2c34)cc1. The second-order valence-electron chi connectivity index (χ2n) is 6.59. The van der Waals surface area contributed by atoms with Gasteiger partial charge in [0, 0.05) is 16.6 Å². The fourth-order valence-corrected chi connectivity index (χ4v) is 3.50. The number of nitrogens with one attached hydrogen (secondary N) is 1. The van der Waals surface area contributed by atoms with Crippen molar-refractivity contribution >= 4 is 39.9 Å². The molecule has 1 N–H and O–H groups in total. The first-order valence-corrected chi connectivity index (χ1v) is 8.86. The highest BCUT2D eigenvalue weighted by atomic mass is 16.5. The van der Waals surface area contributed by atoms with Gasteiger partial charge in [-0.25, -0.2) is 4.79 Å². The number of nitrogens with zero attached hydrogens (tertiary/aromatic N) is 1. The standard InChI is InChI=1S/C22H18N2O4/c1-13(20(25)23-16-11-9-15(10-12-16)22(27)28-2)24-18-8-4-6-14-5-3-7-17(19(14)18)21(24)26/h3-13H,1-2H3,(H,23,25)/t13-/m0/s1. The van der Waals surface area contributed by atoms with Gasteiger partial charge in [-0.1, -0.05) is 24.3 Å². The summed E-state index contributed by atoms with van der Waals surface area (Å²) in [6.45, 7) is 1.70. The lowest BCUT2D eigenvalue weighted by atomic mass is 10.1. The Bertz CT molecular complexity index is 1100. The predicted molar refractivity (Wildman–Crippen MR) is 107 cm³/mol. The van der Waals surface area contributed by atoms with Gasteiger partial charge in [-0.05, 0) is 48.7 Å². The van der Waals surface area contributed by atoms with Crippen molar-refractivity contribution in [3.05, 3.63) is 71.8 Å². The van der Waals surface area contributed by atoms with Crippen molar-refractivity contribution in [2.24, 2.45) is 0 Å². The smallest absolute Gasteiger partial charge is 0.337 e. The molecule has 140 valence electrons. The molecule has 0 spiro atoms. The van der Waals surface area contributed by atoms with E-state index in [1.165, 1.54) is 12.0 Å². The van der Waals surface area contributed by atoms with Gasteiger partial charge in [-0.3, -0.25) is 14.5 Å². The Morgan fingerprint density at radius 2 is 1.68 bits per heavy atom. The van der Waals surface area contributed by atoms with Crippen molar-refractivity contribution in [2.75, 3.05) is 17.3 Å². The highest BCUT2D eigenvalue weighted by Gasteiger charge is 2.35. The number of methoxy groups -OCH3 is 1. The molecule has 4 rings (SSSR count). The minimum absolute atomic E-state index is 0.185. The van der Waals surface area contributed by atoms with Crippen LogP contribution in [0.2, 0.25) is 0 Å². The van der Waals surface area contributed by atoms with Gasteiger partial charge in [0.15, 0.2) is 0 Å². The van der Waals surface area contributed by atoms with E-state index < -0.39 is 12.0 Å². The number of hydrogen-bond donors (Lipinski definition) is 1. The Kier molecular flexibility index (Phi) is 4.31. The second kappa shape index (κ2) is 6.81. The fraction of sp³-hybridized carbons (Fsp3) is 0.136. The van der Waals surface area contributed by atoms with Gasteiger partial charge in [0.25, 0.3) is 5.91 Å². The molecule has 0 aromatic heterocycles. The van der Waals surface area contributed by atoms with Crippen molar-refractivity contribution in [3.63, 3.8) is 0 Å². The topological polar surface area (TPSA) is 75.7 Å². The summed E-state index contributed by atoms with van der Waals surface area (Å²) in [7, 11) is 1.31. The van der Waals surface area contributed by atoms with Gasteiger partial charge in [0.1, 0.15) is 6.04 Å². The number of benzene rings is 3. The molecule has 0 radical (unpaired) electrons. The number of ether oxygens (including phenoxy) is 1. The summed E-state index contributed by atoms with van der Waals surface area (Å²) in [4.78, 5) is 38.8. The third-order valence-corrected chi connectivity index (χ3v) is 4.93. The van der Waals surface area contributed by atoms with Crippen LogP contribution in [0.15, 0.2) is 60.7 Å². The molecule has 3 aromatic rings. The third kappa shape index (κ3) is 2.79. The molecule has 0 fully saturated rings. The highest BCUT2D eigenvalue weighted by Crippen LogP contribution is 2.38. The van der Waals surface area contributed by atoms with Crippen molar-refractivity contribution < 1.29 is 19.1 Å².